The number of benzene rings is 1. The van der Waals surface area contributed by atoms with Crippen molar-refractivity contribution in [2.45, 2.75) is 6.42 Å². The van der Waals surface area contributed by atoms with Crippen molar-refractivity contribution in [3.63, 3.8) is 0 Å². The maximum Gasteiger partial charge on any atom is 0.257 e. The molecule has 0 aromatic heterocycles. The third-order valence-corrected chi connectivity index (χ3v) is 2.72. The van der Waals surface area contributed by atoms with Gasteiger partial charge in [-0.3, -0.25) is 4.79 Å². The Morgan fingerprint density at radius 2 is 2.28 bits per heavy atom. The SMILES string of the molecule is COCCCNC(=O)COc1ccc(F)cc1Br. The average Bonchev–Trinajstić information content (AvgIpc) is 2.33. The molecule has 0 heterocycles. The zero-order valence-electron chi connectivity index (χ0n) is 10.0. The number of rotatable bonds is 7. The fourth-order valence-corrected chi connectivity index (χ4v) is 1.70. The van der Waals surface area contributed by atoms with Gasteiger partial charge in [-0.25, -0.2) is 4.39 Å². The summed E-state index contributed by atoms with van der Waals surface area (Å²) in [5.41, 5.74) is 0. The minimum absolute atomic E-state index is 0.1000. The van der Waals surface area contributed by atoms with Gasteiger partial charge < -0.3 is 14.8 Å². The van der Waals surface area contributed by atoms with E-state index in [1.54, 1.807) is 7.11 Å². The van der Waals surface area contributed by atoms with Crippen LogP contribution in [0.5, 0.6) is 5.75 Å². The lowest BCUT2D eigenvalue weighted by Crippen LogP contribution is -2.30. The molecule has 0 bridgehead atoms. The number of halogens is 2. The predicted molar refractivity (Wildman–Crippen MR) is 69.1 cm³/mol. The molecule has 0 spiro atoms. The van der Waals surface area contributed by atoms with Crippen molar-refractivity contribution in [2.24, 2.45) is 0 Å². The molecular weight excluding hydrogens is 305 g/mol. The Labute approximate surface area is 114 Å². The zero-order valence-corrected chi connectivity index (χ0v) is 11.6. The van der Waals surface area contributed by atoms with Crippen LogP contribution in [0.4, 0.5) is 4.39 Å². The number of hydrogen-bond donors (Lipinski definition) is 1. The highest BCUT2D eigenvalue weighted by molar-refractivity contribution is 9.10. The van der Waals surface area contributed by atoms with Gasteiger partial charge in [-0.15, -0.1) is 0 Å². The fraction of sp³-hybridized carbons (Fsp3) is 0.417. The Kier molecular flexibility index (Phi) is 6.67. The fourth-order valence-electron chi connectivity index (χ4n) is 1.23. The minimum Gasteiger partial charge on any atom is -0.483 e. The highest BCUT2D eigenvalue weighted by Gasteiger charge is 2.06. The van der Waals surface area contributed by atoms with E-state index in [-0.39, 0.29) is 18.3 Å². The summed E-state index contributed by atoms with van der Waals surface area (Å²) in [5.74, 6) is -0.149. The first-order valence-electron chi connectivity index (χ1n) is 5.47. The molecule has 0 aliphatic heterocycles. The van der Waals surface area contributed by atoms with Crippen molar-refractivity contribution >= 4 is 21.8 Å². The summed E-state index contributed by atoms with van der Waals surface area (Å²) in [6.45, 7) is 1.04. The first-order valence-corrected chi connectivity index (χ1v) is 6.26. The monoisotopic (exact) mass is 319 g/mol. The number of nitrogens with one attached hydrogen (secondary N) is 1. The normalized spacial score (nSPS) is 10.2. The Morgan fingerprint density at radius 1 is 1.50 bits per heavy atom. The lowest BCUT2D eigenvalue weighted by atomic mass is 10.3. The molecule has 18 heavy (non-hydrogen) atoms. The van der Waals surface area contributed by atoms with Crippen molar-refractivity contribution < 1.29 is 18.7 Å². The van der Waals surface area contributed by atoms with E-state index in [9.17, 15) is 9.18 Å². The van der Waals surface area contributed by atoms with Gasteiger partial charge in [0.25, 0.3) is 5.91 Å². The Balaban J connectivity index is 2.29. The number of hydrogen-bond acceptors (Lipinski definition) is 3. The first kappa shape index (κ1) is 14.9. The molecule has 100 valence electrons. The molecule has 1 amide bonds. The van der Waals surface area contributed by atoms with Gasteiger partial charge in [-0.2, -0.15) is 0 Å². The van der Waals surface area contributed by atoms with Crippen molar-refractivity contribution in [1.29, 1.82) is 0 Å². The average molecular weight is 320 g/mol. The smallest absolute Gasteiger partial charge is 0.257 e. The molecule has 0 saturated carbocycles. The molecule has 0 saturated heterocycles. The number of amides is 1. The Hall–Kier alpha value is -1.14. The minimum atomic E-state index is -0.363. The van der Waals surface area contributed by atoms with Gasteiger partial charge in [-0.1, -0.05) is 0 Å². The highest BCUT2D eigenvalue weighted by Crippen LogP contribution is 2.25. The Bertz CT molecular complexity index is 401. The van der Waals surface area contributed by atoms with Crippen LogP contribution in [0.3, 0.4) is 0 Å². The van der Waals surface area contributed by atoms with E-state index in [4.69, 9.17) is 9.47 Å². The molecule has 1 rings (SSSR count). The molecule has 0 fully saturated rings. The maximum atomic E-state index is 12.8. The second-order valence-corrected chi connectivity index (χ2v) is 4.41. The lowest BCUT2D eigenvalue weighted by Gasteiger charge is -2.08. The van der Waals surface area contributed by atoms with Crippen LogP contribution >= 0.6 is 15.9 Å². The molecule has 1 aromatic carbocycles. The third kappa shape index (κ3) is 5.46. The van der Waals surface area contributed by atoms with Crippen LogP contribution in [0.25, 0.3) is 0 Å². The van der Waals surface area contributed by atoms with Crippen LogP contribution < -0.4 is 10.1 Å². The van der Waals surface area contributed by atoms with E-state index in [0.29, 0.717) is 23.4 Å². The highest BCUT2D eigenvalue weighted by atomic mass is 79.9. The topological polar surface area (TPSA) is 47.6 Å². The van der Waals surface area contributed by atoms with E-state index in [2.05, 4.69) is 21.2 Å². The lowest BCUT2D eigenvalue weighted by molar-refractivity contribution is -0.123. The molecule has 1 N–H and O–H groups in total. The summed E-state index contributed by atoms with van der Waals surface area (Å²) < 4.78 is 23.4. The van der Waals surface area contributed by atoms with Crippen LogP contribution in [0.2, 0.25) is 0 Å². The number of carbonyl (C=O) groups is 1. The zero-order chi connectivity index (χ0) is 13.4. The molecular formula is C12H15BrFNO3. The number of ether oxygens (including phenoxy) is 2. The van der Waals surface area contributed by atoms with E-state index < -0.39 is 0 Å². The van der Waals surface area contributed by atoms with Crippen LogP contribution in [0.15, 0.2) is 22.7 Å². The molecule has 0 aliphatic carbocycles. The second kappa shape index (κ2) is 8.05. The van der Waals surface area contributed by atoms with E-state index in [1.165, 1.54) is 18.2 Å². The third-order valence-electron chi connectivity index (χ3n) is 2.10. The van der Waals surface area contributed by atoms with Crippen LogP contribution in [-0.2, 0) is 9.53 Å². The van der Waals surface area contributed by atoms with Gasteiger partial charge in [0.2, 0.25) is 0 Å². The van der Waals surface area contributed by atoms with Crippen molar-refractivity contribution in [3.8, 4) is 5.75 Å². The molecule has 4 nitrogen and oxygen atoms in total. The van der Waals surface area contributed by atoms with E-state index in [0.717, 1.165) is 6.42 Å². The van der Waals surface area contributed by atoms with Gasteiger partial charge >= 0.3 is 0 Å². The van der Waals surface area contributed by atoms with Gasteiger partial charge in [0, 0.05) is 20.3 Å². The van der Waals surface area contributed by atoms with Crippen LogP contribution in [0, 0.1) is 5.82 Å². The molecule has 6 heteroatoms. The van der Waals surface area contributed by atoms with Crippen LogP contribution in [0.1, 0.15) is 6.42 Å². The number of methoxy groups -OCH3 is 1. The summed E-state index contributed by atoms with van der Waals surface area (Å²) in [7, 11) is 1.61. The van der Waals surface area contributed by atoms with Gasteiger partial charge in [0.1, 0.15) is 11.6 Å². The van der Waals surface area contributed by atoms with Crippen molar-refractivity contribution in [1.82, 2.24) is 5.32 Å². The summed E-state index contributed by atoms with van der Waals surface area (Å²) in [6.07, 6.45) is 0.752. The molecule has 1 aromatic rings. The summed E-state index contributed by atoms with van der Waals surface area (Å²) in [4.78, 5) is 11.4. The van der Waals surface area contributed by atoms with Crippen LogP contribution in [-0.4, -0.2) is 32.8 Å². The van der Waals surface area contributed by atoms with E-state index in [1.807, 2.05) is 0 Å². The van der Waals surface area contributed by atoms with Gasteiger partial charge in [0.15, 0.2) is 6.61 Å². The predicted octanol–water partition coefficient (Wildman–Crippen LogP) is 2.12. The molecule has 0 aliphatic rings. The summed E-state index contributed by atoms with van der Waals surface area (Å²) in [5, 5.41) is 2.69. The first-order chi connectivity index (χ1) is 8.63. The molecule has 0 atom stereocenters. The van der Waals surface area contributed by atoms with Gasteiger partial charge in [-0.05, 0) is 40.5 Å². The second-order valence-electron chi connectivity index (χ2n) is 3.56. The standard InChI is InChI=1S/C12H15BrFNO3/c1-17-6-2-5-15-12(16)8-18-11-4-3-9(14)7-10(11)13/h3-4,7H,2,5-6,8H2,1H3,(H,15,16). The van der Waals surface area contributed by atoms with Gasteiger partial charge in [0.05, 0.1) is 4.47 Å². The van der Waals surface area contributed by atoms with Crippen molar-refractivity contribution in [3.05, 3.63) is 28.5 Å². The molecule has 0 unspecified atom stereocenters. The van der Waals surface area contributed by atoms with E-state index >= 15 is 0 Å². The quantitative estimate of drug-likeness (QED) is 0.783. The summed E-state index contributed by atoms with van der Waals surface area (Å²) >= 11 is 3.16. The Morgan fingerprint density at radius 3 is 2.94 bits per heavy atom. The maximum absolute atomic E-state index is 12.8. The molecule has 0 radical (unpaired) electrons. The summed E-state index contributed by atoms with van der Waals surface area (Å²) in [6, 6.07) is 4.03. The largest absolute Gasteiger partial charge is 0.483 e. The van der Waals surface area contributed by atoms with Crippen molar-refractivity contribution in [2.75, 3.05) is 26.9 Å². The number of carbonyl (C=O) groups excluding carboxylic acids is 1.